The van der Waals surface area contributed by atoms with Gasteiger partial charge in [-0.05, 0) is 42.4 Å². The predicted molar refractivity (Wildman–Crippen MR) is 89.4 cm³/mol. The fourth-order valence-electron chi connectivity index (χ4n) is 1.97. The molecule has 0 saturated carbocycles. The second kappa shape index (κ2) is 8.27. The van der Waals surface area contributed by atoms with E-state index in [1.165, 1.54) is 4.90 Å². The molecular formula is C16H19ClN2OS. The summed E-state index contributed by atoms with van der Waals surface area (Å²) >= 11 is 7.71. The summed E-state index contributed by atoms with van der Waals surface area (Å²) < 4.78 is 5.25. The van der Waals surface area contributed by atoms with Gasteiger partial charge in [-0.2, -0.15) is 0 Å². The van der Waals surface area contributed by atoms with Crippen molar-refractivity contribution in [1.82, 2.24) is 10.3 Å². The molecule has 0 spiro atoms. The second-order valence-corrected chi connectivity index (χ2v) is 6.06. The maximum Gasteiger partial charge on any atom is 0.137 e. The largest absolute Gasteiger partial charge is 0.495 e. The van der Waals surface area contributed by atoms with Gasteiger partial charge in [0.25, 0.3) is 0 Å². The van der Waals surface area contributed by atoms with Gasteiger partial charge in [-0.25, -0.2) is 0 Å². The molecule has 1 aromatic carbocycles. The summed E-state index contributed by atoms with van der Waals surface area (Å²) in [5, 5.41) is 4.25. The number of nitrogens with one attached hydrogen (secondary N) is 1. The second-order valence-electron chi connectivity index (χ2n) is 4.53. The molecule has 21 heavy (non-hydrogen) atoms. The molecule has 1 aromatic heterocycles. The molecule has 0 fully saturated rings. The lowest BCUT2D eigenvalue weighted by Crippen LogP contribution is -2.23. The van der Waals surface area contributed by atoms with E-state index in [1.807, 2.05) is 36.5 Å². The fourth-order valence-corrected chi connectivity index (χ4v) is 3.09. The quantitative estimate of drug-likeness (QED) is 0.775. The van der Waals surface area contributed by atoms with Gasteiger partial charge in [-0.1, -0.05) is 18.5 Å². The van der Waals surface area contributed by atoms with Crippen molar-refractivity contribution in [1.29, 1.82) is 0 Å². The summed E-state index contributed by atoms with van der Waals surface area (Å²) in [5.74, 6) is 1.71. The van der Waals surface area contributed by atoms with E-state index in [0.717, 1.165) is 28.6 Å². The zero-order valence-corrected chi connectivity index (χ0v) is 13.7. The number of halogens is 1. The molecule has 1 atom stereocenters. The molecule has 112 valence electrons. The third-order valence-electron chi connectivity index (χ3n) is 3.05. The van der Waals surface area contributed by atoms with Gasteiger partial charge < -0.3 is 10.1 Å². The number of pyridine rings is 1. The number of benzene rings is 1. The van der Waals surface area contributed by atoms with Gasteiger partial charge >= 0.3 is 0 Å². The first kappa shape index (κ1) is 16.1. The Bertz CT molecular complexity index is 562. The van der Waals surface area contributed by atoms with E-state index in [1.54, 1.807) is 25.1 Å². The van der Waals surface area contributed by atoms with Crippen molar-refractivity contribution < 1.29 is 4.74 Å². The van der Waals surface area contributed by atoms with Crippen LogP contribution in [0.15, 0.2) is 47.6 Å². The first-order valence-corrected chi connectivity index (χ1v) is 8.20. The molecule has 2 aromatic rings. The number of thioether (sulfide) groups is 1. The van der Waals surface area contributed by atoms with Crippen LogP contribution in [0.25, 0.3) is 0 Å². The molecule has 0 aliphatic heterocycles. The van der Waals surface area contributed by atoms with E-state index in [-0.39, 0.29) is 6.04 Å². The number of methoxy groups -OCH3 is 1. The molecule has 0 aliphatic carbocycles. The van der Waals surface area contributed by atoms with Crippen LogP contribution in [-0.2, 0) is 0 Å². The Kier molecular flexibility index (Phi) is 6.36. The lowest BCUT2D eigenvalue weighted by Gasteiger charge is -2.18. The standard InChI is InChI=1S/C16H19ClN2OS/c1-3-19-16(12-8-14(20-2)10-18-9-12)11-21-15-6-4-13(17)5-7-15/h4-10,16,19H,3,11H2,1-2H3. The maximum atomic E-state index is 5.91. The zero-order chi connectivity index (χ0) is 15.1. The van der Waals surface area contributed by atoms with Gasteiger partial charge in [0.2, 0.25) is 0 Å². The van der Waals surface area contributed by atoms with Gasteiger partial charge in [0, 0.05) is 27.9 Å². The molecule has 1 heterocycles. The van der Waals surface area contributed by atoms with E-state index < -0.39 is 0 Å². The Hall–Kier alpha value is -1.23. The number of hydrogen-bond donors (Lipinski definition) is 1. The van der Waals surface area contributed by atoms with Crippen LogP contribution in [0.3, 0.4) is 0 Å². The Morgan fingerprint density at radius 2 is 2.05 bits per heavy atom. The van der Waals surface area contributed by atoms with E-state index in [2.05, 4.69) is 17.2 Å². The van der Waals surface area contributed by atoms with Crippen LogP contribution in [0.4, 0.5) is 0 Å². The highest BCUT2D eigenvalue weighted by molar-refractivity contribution is 7.99. The Labute approximate surface area is 135 Å². The molecule has 2 rings (SSSR count). The summed E-state index contributed by atoms with van der Waals surface area (Å²) in [7, 11) is 1.66. The van der Waals surface area contributed by atoms with Crippen molar-refractivity contribution in [2.75, 3.05) is 19.4 Å². The Morgan fingerprint density at radius 3 is 2.71 bits per heavy atom. The van der Waals surface area contributed by atoms with Crippen molar-refractivity contribution in [3.63, 3.8) is 0 Å². The minimum absolute atomic E-state index is 0.235. The van der Waals surface area contributed by atoms with E-state index in [4.69, 9.17) is 16.3 Å². The third-order valence-corrected chi connectivity index (χ3v) is 4.41. The van der Waals surface area contributed by atoms with Crippen LogP contribution in [0.1, 0.15) is 18.5 Å². The molecule has 0 radical (unpaired) electrons. The molecule has 5 heteroatoms. The van der Waals surface area contributed by atoms with Gasteiger partial charge in [0.15, 0.2) is 0 Å². The summed E-state index contributed by atoms with van der Waals surface area (Å²) in [4.78, 5) is 5.44. The predicted octanol–water partition coefficient (Wildman–Crippen LogP) is 4.19. The highest BCUT2D eigenvalue weighted by Crippen LogP contribution is 2.27. The molecular weight excluding hydrogens is 304 g/mol. The van der Waals surface area contributed by atoms with Crippen molar-refractivity contribution >= 4 is 23.4 Å². The number of hydrogen-bond acceptors (Lipinski definition) is 4. The average Bonchev–Trinajstić information content (AvgIpc) is 2.53. The molecule has 1 N–H and O–H groups in total. The highest BCUT2D eigenvalue weighted by Gasteiger charge is 2.12. The molecule has 0 saturated heterocycles. The first-order valence-electron chi connectivity index (χ1n) is 6.83. The van der Waals surface area contributed by atoms with Crippen LogP contribution in [0, 0.1) is 0 Å². The van der Waals surface area contributed by atoms with Crippen LogP contribution in [-0.4, -0.2) is 24.4 Å². The Balaban J connectivity index is 2.05. The fraction of sp³-hybridized carbons (Fsp3) is 0.312. The van der Waals surface area contributed by atoms with Gasteiger partial charge in [0.05, 0.1) is 13.3 Å². The number of aromatic nitrogens is 1. The summed E-state index contributed by atoms with van der Waals surface area (Å²) in [6.07, 6.45) is 3.61. The average molecular weight is 323 g/mol. The lowest BCUT2D eigenvalue weighted by molar-refractivity contribution is 0.411. The SMILES string of the molecule is CCNC(CSc1ccc(Cl)cc1)c1cncc(OC)c1. The minimum Gasteiger partial charge on any atom is -0.495 e. The molecule has 0 aliphatic rings. The highest BCUT2D eigenvalue weighted by atomic mass is 35.5. The number of ether oxygens (including phenoxy) is 1. The van der Waals surface area contributed by atoms with Crippen LogP contribution >= 0.6 is 23.4 Å². The van der Waals surface area contributed by atoms with Gasteiger partial charge in [-0.3, -0.25) is 4.98 Å². The number of rotatable bonds is 7. The topological polar surface area (TPSA) is 34.2 Å². The Morgan fingerprint density at radius 1 is 1.29 bits per heavy atom. The monoisotopic (exact) mass is 322 g/mol. The lowest BCUT2D eigenvalue weighted by atomic mass is 10.1. The van der Waals surface area contributed by atoms with Crippen LogP contribution < -0.4 is 10.1 Å². The van der Waals surface area contributed by atoms with E-state index >= 15 is 0 Å². The zero-order valence-electron chi connectivity index (χ0n) is 12.2. The maximum absolute atomic E-state index is 5.91. The first-order chi connectivity index (χ1) is 10.2. The normalized spacial score (nSPS) is 12.1. The van der Waals surface area contributed by atoms with Crippen molar-refractivity contribution in [2.45, 2.75) is 17.9 Å². The van der Waals surface area contributed by atoms with Crippen LogP contribution in [0.5, 0.6) is 5.75 Å². The molecule has 0 bridgehead atoms. The van der Waals surface area contributed by atoms with E-state index in [9.17, 15) is 0 Å². The van der Waals surface area contributed by atoms with E-state index in [0.29, 0.717) is 0 Å². The molecule has 3 nitrogen and oxygen atoms in total. The summed E-state index contributed by atoms with van der Waals surface area (Å²) in [5.41, 5.74) is 1.14. The van der Waals surface area contributed by atoms with Crippen molar-refractivity contribution in [2.24, 2.45) is 0 Å². The smallest absolute Gasteiger partial charge is 0.137 e. The third kappa shape index (κ3) is 4.92. The molecule has 1 unspecified atom stereocenters. The number of nitrogens with zero attached hydrogens (tertiary/aromatic N) is 1. The van der Waals surface area contributed by atoms with Gasteiger partial charge in [0.1, 0.15) is 5.75 Å². The van der Waals surface area contributed by atoms with Gasteiger partial charge in [-0.15, -0.1) is 11.8 Å². The summed E-state index contributed by atoms with van der Waals surface area (Å²) in [6, 6.07) is 10.2. The van der Waals surface area contributed by atoms with Crippen molar-refractivity contribution in [3.05, 3.63) is 53.3 Å². The van der Waals surface area contributed by atoms with Crippen LogP contribution in [0.2, 0.25) is 5.02 Å². The minimum atomic E-state index is 0.235. The van der Waals surface area contributed by atoms with Crippen molar-refractivity contribution in [3.8, 4) is 5.75 Å². The summed E-state index contributed by atoms with van der Waals surface area (Å²) in [6.45, 7) is 3.01. The molecule has 0 amide bonds.